The Morgan fingerprint density at radius 3 is 2.84 bits per heavy atom. The van der Waals surface area contributed by atoms with Crippen LogP contribution in [0.2, 0.25) is 0 Å². The van der Waals surface area contributed by atoms with Crippen LogP contribution in [0.4, 0.5) is 0 Å². The van der Waals surface area contributed by atoms with Crippen molar-refractivity contribution in [2.24, 2.45) is 17.8 Å². The van der Waals surface area contributed by atoms with Crippen molar-refractivity contribution in [2.75, 3.05) is 13.1 Å². The standard InChI is InChI=1S/C26H37N3O2/c1-17-8-5-10-21(14-17)26-28-24(20(4)31-26)16-29-13-7-11-22(15-29)25(30)27-23-12-6-9-18(2)19(23)3/h5,8,10,14,18-19,22-23H,6-7,9,11-13,15-16H2,1-4H3,(H,27,30). The van der Waals surface area contributed by atoms with Crippen molar-refractivity contribution in [1.29, 1.82) is 0 Å². The number of amides is 1. The van der Waals surface area contributed by atoms with Gasteiger partial charge in [-0.2, -0.15) is 0 Å². The number of piperidine rings is 1. The predicted octanol–water partition coefficient (Wildman–Crippen LogP) is 5.11. The summed E-state index contributed by atoms with van der Waals surface area (Å²) < 4.78 is 5.98. The third kappa shape index (κ3) is 5.20. The maximum Gasteiger partial charge on any atom is 0.226 e. The number of nitrogens with zero attached hydrogens (tertiary/aromatic N) is 2. The first kappa shape index (κ1) is 22.1. The van der Waals surface area contributed by atoms with Gasteiger partial charge in [0.25, 0.3) is 0 Å². The molecule has 1 N–H and O–H groups in total. The van der Waals surface area contributed by atoms with Crippen LogP contribution in [0.15, 0.2) is 28.7 Å². The molecule has 31 heavy (non-hydrogen) atoms. The van der Waals surface area contributed by atoms with E-state index in [1.807, 2.05) is 19.1 Å². The smallest absolute Gasteiger partial charge is 0.226 e. The molecule has 4 unspecified atom stereocenters. The molecular formula is C26H37N3O2. The van der Waals surface area contributed by atoms with Crippen molar-refractivity contribution >= 4 is 5.91 Å². The van der Waals surface area contributed by atoms with Gasteiger partial charge in [-0.3, -0.25) is 9.69 Å². The van der Waals surface area contributed by atoms with Gasteiger partial charge in [-0.15, -0.1) is 0 Å². The second-order valence-corrected chi connectivity index (χ2v) is 9.85. The fourth-order valence-electron chi connectivity index (χ4n) is 5.19. The van der Waals surface area contributed by atoms with Gasteiger partial charge in [0, 0.05) is 24.7 Å². The number of hydrogen-bond donors (Lipinski definition) is 1. The van der Waals surface area contributed by atoms with Crippen LogP contribution in [0, 0.1) is 31.6 Å². The van der Waals surface area contributed by atoms with Gasteiger partial charge in [0.1, 0.15) is 5.76 Å². The summed E-state index contributed by atoms with van der Waals surface area (Å²) in [6, 6.07) is 8.58. The van der Waals surface area contributed by atoms with Crippen molar-refractivity contribution in [3.05, 3.63) is 41.3 Å². The number of carbonyl (C=O) groups is 1. The molecule has 4 rings (SSSR count). The van der Waals surface area contributed by atoms with E-state index in [4.69, 9.17) is 9.40 Å². The number of nitrogens with one attached hydrogen (secondary N) is 1. The van der Waals surface area contributed by atoms with Gasteiger partial charge in [-0.1, -0.05) is 44.4 Å². The number of benzene rings is 1. The molecule has 1 aliphatic heterocycles. The van der Waals surface area contributed by atoms with E-state index < -0.39 is 0 Å². The summed E-state index contributed by atoms with van der Waals surface area (Å²) >= 11 is 0. The lowest BCUT2D eigenvalue weighted by Crippen LogP contribution is -2.49. The van der Waals surface area contributed by atoms with E-state index in [1.165, 1.54) is 18.4 Å². The van der Waals surface area contributed by atoms with Crippen LogP contribution in [-0.2, 0) is 11.3 Å². The minimum absolute atomic E-state index is 0.0710. The van der Waals surface area contributed by atoms with Crippen LogP contribution in [0.5, 0.6) is 0 Å². The molecule has 2 fully saturated rings. The molecule has 0 radical (unpaired) electrons. The van der Waals surface area contributed by atoms with Crippen molar-refractivity contribution in [3.8, 4) is 11.5 Å². The summed E-state index contributed by atoms with van der Waals surface area (Å²) in [5.74, 6) is 3.13. The van der Waals surface area contributed by atoms with E-state index in [9.17, 15) is 4.79 Å². The SMILES string of the molecule is Cc1cccc(-c2nc(CN3CCCC(C(=O)NC4CCCC(C)C4C)C3)c(C)o2)c1. The van der Waals surface area contributed by atoms with Gasteiger partial charge in [0.15, 0.2) is 0 Å². The van der Waals surface area contributed by atoms with Crippen molar-refractivity contribution < 1.29 is 9.21 Å². The Labute approximate surface area is 186 Å². The highest BCUT2D eigenvalue weighted by atomic mass is 16.4. The monoisotopic (exact) mass is 423 g/mol. The number of likely N-dealkylation sites (tertiary alicyclic amines) is 1. The molecule has 1 amide bonds. The molecule has 168 valence electrons. The van der Waals surface area contributed by atoms with Crippen LogP contribution in [-0.4, -0.2) is 34.9 Å². The summed E-state index contributed by atoms with van der Waals surface area (Å²) in [6.45, 7) is 11.2. The highest BCUT2D eigenvalue weighted by molar-refractivity contribution is 5.79. The zero-order chi connectivity index (χ0) is 22.0. The number of hydrogen-bond acceptors (Lipinski definition) is 4. The summed E-state index contributed by atoms with van der Waals surface area (Å²) in [6.07, 6.45) is 5.66. The second-order valence-electron chi connectivity index (χ2n) is 9.85. The molecule has 2 aromatic rings. The predicted molar refractivity (Wildman–Crippen MR) is 124 cm³/mol. The van der Waals surface area contributed by atoms with Crippen LogP contribution in [0.3, 0.4) is 0 Å². The molecule has 1 aromatic carbocycles. The zero-order valence-electron chi connectivity index (χ0n) is 19.5. The number of aromatic nitrogens is 1. The van der Waals surface area contributed by atoms with Gasteiger partial charge in [-0.05, 0) is 63.6 Å². The van der Waals surface area contributed by atoms with Gasteiger partial charge < -0.3 is 9.73 Å². The Hall–Kier alpha value is -2.14. The Bertz CT molecular complexity index is 906. The van der Waals surface area contributed by atoms with Gasteiger partial charge >= 0.3 is 0 Å². The molecule has 0 bridgehead atoms. The number of rotatable bonds is 5. The van der Waals surface area contributed by atoms with E-state index in [0.29, 0.717) is 23.8 Å². The lowest BCUT2D eigenvalue weighted by molar-refractivity contribution is -0.128. The fraction of sp³-hybridized carbons (Fsp3) is 0.615. The third-order valence-corrected chi connectivity index (χ3v) is 7.44. The molecule has 2 aliphatic rings. The quantitative estimate of drug-likeness (QED) is 0.726. The molecule has 1 aromatic heterocycles. The highest BCUT2D eigenvalue weighted by Gasteiger charge is 2.32. The summed E-state index contributed by atoms with van der Waals surface area (Å²) in [4.78, 5) is 20.2. The molecule has 1 saturated carbocycles. The minimum atomic E-state index is 0.0710. The molecule has 5 heteroatoms. The topological polar surface area (TPSA) is 58.4 Å². The van der Waals surface area contributed by atoms with Gasteiger partial charge in [-0.25, -0.2) is 4.98 Å². The van der Waals surface area contributed by atoms with E-state index in [1.54, 1.807) is 0 Å². The summed E-state index contributed by atoms with van der Waals surface area (Å²) in [5.41, 5.74) is 3.19. The largest absolute Gasteiger partial charge is 0.441 e. The second kappa shape index (κ2) is 9.56. The van der Waals surface area contributed by atoms with Gasteiger partial charge in [0.2, 0.25) is 11.8 Å². The molecule has 0 spiro atoms. The maximum atomic E-state index is 13.0. The highest BCUT2D eigenvalue weighted by Crippen LogP contribution is 2.30. The van der Waals surface area contributed by atoms with Gasteiger partial charge in [0.05, 0.1) is 11.6 Å². The van der Waals surface area contributed by atoms with Crippen LogP contribution < -0.4 is 5.32 Å². The first-order valence-corrected chi connectivity index (χ1v) is 12.0. The molecule has 1 saturated heterocycles. The number of carbonyl (C=O) groups excluding carboxylic acids is 1. The van der Waals surface area contributed by atoms with E-state index in [0.717, 1.165) is 55.9 Å². The average molecular weight is 424 g/mol. The third-order valence-electron chi connectivity index (χ3n) is 7.44. The summed E-state index contributed by atoms with van der Waals surface area (Å²) in [7, 11) is 0. The van der Waals surface area contributed by atoms with Crippen LogP contribution in [0.1, 0.15) is 63.0 Å². The Morgan fingerprint density at radius 1 is 1.19 bits per heavy atom. The lowest BCUT2D eigenvalue weighted by atomic mass is 9.78. The fourth-order valence-corrected chi connectivity index (χ4v) is 5.19. The zero-order valence-corrected chi connectivity index (χ0v) is 19.5. The molecular weight excluding hydrogens is 386 g/mol. The van der Waals surface area contributed by atoms with Crippen molar-refractivity contribution in [2.45, 2.75) is 72.4 Å². The van der Waals surface area contributed by atoms with Crippen LogP contribution in [0.25, 0.3) is 11.5 Å². The lowest BCUT2D eigenvalue weighted by Gasteiger charge is -2.37. The Balaban J connectivity index is 1.37. The molecule has 2 heterocycles. The Kier molecular flexibility index (Phi) is 6.80. The Morgan fingerprint density at radius 2 is 2.03 bits per heavy atom. The minimum Gasteiger partial charge on any atom is -0.441 e. The normalized spacial score (nSPS) is 27.2. The first-order chi connectivity index (χ1) is 14.9. The van der Waals surface area contributed by atoms with Crippen molar-refractivity contribution in [1.82, 2.24) is 15.2 Å². The molecule has 4 atom stereocenters. The van der Waals surface area contributed by atoms with Crippen LogP contribution >= 0.6 is 0 Å². The average Bonchev–Trinajstić information content (AvgIpc) is 3.12. The summed E-state index contributed by atoms with van der Waals surface area (Å²) in [5, 5.41) is 3.40. The van der Waals surface area contributed by atoms with E-state index in [-0.39, 0.29) is 11.8 Å². The van der Waals surface area contributed by atoms with E-state index in [2.05, 4.69) is 43.1 Å². The van der Waals surface area contributed by atoms with Crippen molar-refractivity contribution in [3.63, 3.8) is 0 Å². The number of oxazole rings is 1. The maximum absolute atomic E-state index is 13.0. The first-order valence-electron chi connectivity index (χ1n) is 12.0. The van der Waals surface area contributed by atoms with E-state index >= 15 is 0 Å². The molecule has 1 aliphatic carbocycles. The number of aryl methyl sites for hydroxylation is 2. The molecule has 5 nitrogen and oxygen atoms in total.